The summed E-state index contributed by atoms with van der Waals surface area (Å²) in [6, 6.07) is 13.2. The summed E-state index contributed by atoms with van der Waals surface area (Å²) < 4.78 is 23.9. The summed E-state index contributed by atoms with van der Waals surface area (Å²) in [6.45, 7) is 2.16. The Hall–Kier alpha value is -3.22. The highest BCUT2D eigenvalue weighted by Crippen LogP contribution is 2.26. The van der Waals surface area contributed by atoms with Crippen molar-refractivity contribution in [3.8, 4) is 17.0 Å². The van der Waals surface area contributed by atoms with Gasteiger partial charge >= 0.3 is 5.97 Å². The second kappa shape index (κ2) is 7.57. The number of H-pyrrole nitrogens is 1. The van der Waals surface area contributed by atoms with E-state index in [9.17, 15) is 9.18 Å². The van der Waals surface area contributed by atoms with Crippen molar-refractivity contribution in [2.45, 2.75) is 13.5 Å². The third-order valence-electron chi connectivity index (χ3n) is 3.48. The van der Waals surface area contributed by atoms with Crippen molar-refractivity contribution in [2.75, 3.05) is 6.61 Å². The molecule has 0 aliphatic carbocycles. The van der Waals surface area contributed by atoms with E-state index in [2.05, 4.69) is 15.4 Å². The number of hydrogen-bond donors (Lipinski definition) is 1. The van der Waals surface area contributed by atoms with Crippen LogP contribution in [0.4, 0.5) is 4.39 Å². The van der Waals surface area contributed by atoms with E-state index in [0.717, 1.165) is 5.56 Å². The molecule has 128 valence electrons. The summed E-state index contributed by atoms with van der Waals surface area (Å²) in [4.78, 5) is 12.0. The first-order chi connectivity index (χ1) is 12.2. The summed E-state index contributed by atoms with van der Waals surface area (Å²) in [5.41, 5.74) is 1.97. The molecule has 1 heterocycles. The van der Waals surface area contributed by atoms with Crippen molar-refractivity contribution in [1.29, 1.82) is 0 Å². The highest BCUT2D eigenvalue weighted by Gasteiger charge is 2.21. The number of hydrogen-bond acceptors (Lipinski definition) is 5. The van der Waals surface area contributed by atoms with Crippen LogP contribution in [0.1, 0.15) is 23.0 Å². The quantitative estimate of drug-likeness (QED) is 0.696. The van der Waals surface area contributed by atoms with Crippen LogP contribution >= 0.6 is 0 Å². The molecule has 7 heteroatoms. The molecule has 3 rings (SSSR count). The molecule has 0 aliphatic heterocycles. The average molecular weight is 341 g/mol. The lowest BCUT2D eigenvalue weighted by molar-refractivity contribution is 0.0520. The molecule has 6 nitrogen and oxygen atoms in total. The van der Waals surface area contributed by atoms with Gasteiger partial charge in [-0.25, -0.2) is 9.18 Å². The lowest BCUT2D eigenvalue weighted by atomic mass is 10.0. The van der Waals surface area contributed by atoms with Gasteiger partial charge in [-0.1, -0.05) is 30.3 Å². The predicted octanol–water partition coefficient (Wildman–Crippen LogP) is 3.37. The lowest BCUT2D eigenvalue weighted by Gasteiger charge is -2.10. The van der Waals surface area contributed by atoms with Crippen molar-refractivity contribution in [3.05, 3.63) is 65.6 Å². The number of benzene rings is 2. The molecule has 0 atom stereocenters. The monoisotopic (exact) mass is 341 g/mol. The van der Waals surface area contributed by atoms with Gasteiger partial charge in [-0.15, -0.1) is 5.10 Å². The van der Waals surface area contributed by atoms with Crippen LogP contribution in [0.3, 0.4) is 0 Å². The maximum absolute atomic E-state index is 13.3. The number of nitrogens with one attached hydrogen (secondary N) is 1. The average Bonchev–Trinajstić information content (AvgIpc) is 3.10. The van der Waals surface area contributed by atoms with E-state index >= 15 is 0 Å². The fourth-order valence-electron chi connectivity index (χ4n) is 2.36. The van der Waals surface area contributed by atoms with E-state index in [1.54, 1.807) is 19.1 Å². The van der Waals surface area contributed by atoms with Gasteiger partial charge in [0.25, 0.3) is 0 Å². The highest BCUT2D eigenvalue weighted by molar-refractivity contribution is 5.94. The molecule has 0 aliphatic rings. The van der Waals surface area contributed by atoms with Crippen LogP contribution in [0, 0.1) is 5.82 Å². The third kappa shape index (κ3) is 3.82. The van der Waals surface area contributed by atoms with Crippen LogP contribution in [0.5, 0.6) is 5.75 Å². The fourth-order valence-corrected chi connectivity index (χ4v) is 2.36. The Bertz CT molecular complexity index is 879. The van der Waals surface area contributed by atoms with Gasteiger partial charge in [0.2, 0.25) is 0 Å². The smallest absolute Gasteiger partial charge is 0.361 e. The number of rotatable bonds is 6. The third-order valence-corrected chi connectivity index (χ3v) is 3.48. The van der Waals surface area contributed by atoms with Gasteiger partial charge < -0.3 is 9.47 Å². The summed E-state index contributed by atoms with van der Waals surface area (Å²) in [7, 11) is 0. The zero-order chi connectivity index (χ0) is 17.6. The fraction of sp³-hybridized carbons (Fsp3) is 0.167. The number of halogens is 1. The molecule has 0 spiro atoms. The first-order valence-corrected chi connectivity index (χ1v) is 7.73. The number of carbonyl (C=O) groups is 1. The molecule has 1 aromatic heterocycles. The van der Waals surface area contributed by atoms with Gasteiger partial charge in [0.15, 0.2) is 5.69 Å². The number of ether oxygens (including phenoxy) is 2. The number of aromatic nitrogens is 3. The van der Waals surface area contributed by atoms with Crippen LogP contribution in [0.2, 0.25) is 0 Å². The lowest BCUT2D eigenvalue weighted by Crippen LogP contribution is -2.07. The Morgan fingerprint density at radius 3 is 2.80 bits per heavy atom. The van der Waals surface area contributed by atoms with Crippen molar-refractivity contribution >= 4 is 5.97 Å². The normalized spacial score (nSPS) is 10.5. The van der Waals surface area contributed by atoms with Crippen molar-refractivity contribution in [1.82, 2.24) is 15.4 Å². The maximum Gasteiger partial charge on any atom is 0.361 e. The SMILES string of the molecule is CCOC(=O)c1n[nH]nc1-c1ccccc1COc1cccc(F)c1. The van der Waals surface area contributed by atoms with Gasteiger partial charge in [0.05, 0.1) is 6.61 Å². The van der Waals surface area contributed by atoms with Crippen LogP contribution in [-0.2, 0) is 11.3 Å². The van der Waals surface area contributed by atoms with Gasteiger partial charge in [-0.3, -0.25) is 0 Å². The first-order valence-electron chi connectivity index (χ1n) is 7.73. The minimum absolute atomic E-state index is 0.111. The molecule has 0 radical (unpaired) electrons. The Kier molecular flexibility index (Phi) is 5.03. The topological polar surface area (TPSA) is 77.1 Å². The summed E-state index contributed by atoms with van der Waals surface area (Å²) in [5.74, 6) is -0.500. The second-order valence-corrected chi connectivity index (χ2v) is 5.14. The van der Waals surface area contributed by atoms with Crippen LogP contribution in [-0.4, -0.2) is 28.0 Å². The van der Waals surface area contributed by atoms with E-state index in [1.165, 1.54) is 12.1 Å². The van der Waals surface area contributed by atoms with Gasteiger partial charge in [0.1, 0.15) is 23.9 Å². The minimum atomic E-state index is -0.549. The van der Waals surface area contributed by atoms with E-state index in [0.29, 0.717) is 17.0 Å². The zero-order valence-corrected chi connectivity index (χ0v) is 13.5. The van der Waals surface area contributed by atoms with Crippen molar-refractivity contribution < 1.29 is 18.7 Å². The molecule has 0 fully saturated rings. The Balaban J connectivity index is 1.87. The second-order valence-electron chi connectivity index (χ2n) is 5.14. The van der Waals surface area contributed by atoms with E-state index in [-0.39, 0.29) is 24.7 Å². The molecule has 25 heavy (non-hydrogen) atoms. The molecular weight excluding hydrogens is 325 g/mol. The molecule has 0 amide bonds. The molecule has 0 saturated carbocycles. The number of esters is 1. The summed E-state index contributed by atoms with van der Waals surface area (Å²) in [6.07, 6.45) is 0. The minimum Gasteiger partial charge on any atom is -0.489 e. The first kappa shape index (κ1) is 16.6. The van der Waals surface area contributed by atoms with Crippen molar-refractivity contribution in [3.63, 3.8) is 0 Å². The molecule has 0 bridgehead atoms. The number of nitrogens with zero attached hydrogens (tertiary/aromatic N) is 2. The molecule has 3 aromatic rings. The molecular formula is C18H16FN3O3. The van der Waals surface area contributed by atoms with E-state index in [4.69, 9.17) is 9.47 Å². The van der Waals surface area contributed by atoms with Gasteiger partial charge in [0, 0.05) is 11.6 Å². The number of aromatic amines is 1. The van der Waals surface area contributed by atoms with Crippen molar-refractivity contribution in [2.24, 2.45) is 0 Å². The highest BCUT2D eigenvalue weighted by atomic mass is 19.1. The van der Waals surface area contributed by atoms with Crippen LogP contribution in [0.15, 0.2) is 48.5 Å². The largest absolute Gasteiger partial charge is 0.489 e. The van der Waals surface area contributed by atoms with Crippen LogP contribution in [0.25, 0.3) is 11.3 Å². The maximum atomic E-state index is 13.3. The Morgan fingerprint density at radius 2 is 2.00 bits per heavy atom. The van der Waals surface area contributed by atoms with E-state index < -0.39 is 5.97 Å². The standard InChI is InChI=1S/C18H16FN3O3/c1-2-24-18(23)17-16(20-22-21-17)15-9-4-3-6-12(15)11-25-14-8-5-7-13(19)10-14/h3-10H,2,11H2,1H3,(H,20,21,22). The van der Waals surface area contributed by atoms with Crippen LogP contribution < -0.4 is 4.74 Å². The molecule has 1 N–H and O–H groups in total. The van der Waals surface area contributed by atoms with Gasteiger partial charge in [-0.05, 0) is 24.6 Å². The molecule has 0 unspecified atom stereocenters. The predicted molar refractivity (Wildman–Crippen MR) is 88.5 cm³/mol. The van der Waals surface area contributed by atoms with Gasteiger partial charge in [-0.2, -0.15) is 10.3 Å². The Labute approximate surface area is 143 Å². The molecule has 0 saturated heterocycles. The summed E-state index contributed by atoms with van der Waals surface area (Å²) in [5, 5.41) is 10.4. The Morgan fingerprint density at radius 1 is 1.16 bits per heavy atom. The zero-order valence-electron chi connectivity index (χ0n) is 13.5. The number of carbonyl (C=O) groups excluding carboxylic acids is 1. The van der Waals surface area contributed by atoms with E-state index in [1.807, 2.05) is 24.3 Å². The summed E-state index contributed by atoms with van der Waals surface area (Å²) >= 11 is 0. The molecule has 2 aromatic carbocycles.